The summed E-state index contributed by atoms with van der Waals surface area (Å²) >= 11 is 0. The van der Waals surface area contributed by atoms with Crippen LogP contribution in [0.4, 0.5) is 5.69 Å². The Kier molecular flexibility index (Phi) is 6.79. The first kappa shape index (κ1) is 22.1. The lowest BCUT2D eigenvalue weighted by Crippen LogP contribution is -2.15. The summed E-state index contributed by atoms with van der Waals surface area (Å²) in [6.07, 6.45) is 0.976. The van der Waals surface area contributed by atoms with Gasteiger partial charge < -0.3 is 10.1 Å². The number of rotatable bonds is 8. The molecule has 0 spiro atoms. The second-order valence-electron chi connectivity index (χ2n) is 7.38. The van der Waals surface area contributed by atoms with Gasteiger partial charge in [0.15, 0.2) is 18.0 Å². The second kappa shape index (κ2) is 9.51. The van der Waals surface area contributed by atoms with Crippen molar-refractivity contribution in [3.05, 3.63) is 58.5 Å². The molecule has 0 atom stereocenters. The van der Waals surface area contributed by atoms with Gasteiger partial charge in [-0.25, -0.2) is 9.50 Å². The van der Waals surface area contributed by atoms with Crippen molar-refractivity contribution >= 4 is 29.0 Å². The number of aryl methyl sites for hydroxylation is 3. The minimum absolute atomic E-state index is 0.101. The number of ether oxygens (including phenoxy) is 1. The summed E-state index contributed by atoms with van der Waals surface area (Å²) in [6, 6.07) is 8.40. The van der Waals surface area contributed by atoms with Gasteiger partial charge in [-0.1, -0.05) is 6.92 Å². The maximum Gasteiger partial charge on any atom is 0.306 e. The molecule has 0 fully saturated rings. The summed E-state index contributed by atoms with van der Waals surface area (Å²) in [6.45, 7) is 7.20. The molecule has 0 saturated heterocycles. The molecule has 3 rings (SSSR count). The van der Waals surface area contributed by atoms with E-state index in [1.807, 2.05) is 26.8 Å². The highest BCUT2D eigenvalue weighted by Gasteiger charge is 2.15. The van der Waals surface area contributed by atoms with Gasteiger partial charge in [-0.3, -0.25) is 14.4 Å². The van der Waals surface area contributed by atoms with Gasteiger partial charge in [-0.15, -0.1) is 0 Å². The third kappa shape index (κ3) is 5.33. The number of ketones is 1. The van der Waals surface area contributed by atoms with Crippen molar-refractivity contribution in [1.29, 1.82) is 0 Å². The van der Waals surface area contributed by atoms with Crippen molar-refractivity contribution in [2.24, 2.45) is 0 Å². The minimum atomic E-state index is -0.448. The molecule has 8 nitrogen and oxygen atoms in total. The van der Waals surface area contributed by atoms with Crippen molar-refractivity contribution < 1.29 is 19.1 Å². The normalized spacial score (nSPS) is 10.8. The molecule has 8 heteroatoms. The molecule has 1 amide bonds. The van der Waals surface area contributed by atoms with Crippen molar-refractivity contribution in [3.63, 3.8) is 0 Å². The van der Waals surface area contributed by atoms with Gasteiger partial charge in [0, 0.05) is 41.5 Å². The SMILES string of the molecule is CCC(=O)Nc1ccc(C(=O)COC(=O)CCc2c(C)nc3cc(C)nn3c2C)cc1. The minimum Gasteiger partial charge on any atom is -0.457 e. The van der Waals surface area contributed by atoms with Gasteiger partial charge in [-0.05, 0) is 57.0 Å². The Hall–Kier alpha value is -3.55. The largest absolute Gasteiger partial charge is 0.457 e. The standard InChI is InChI=1S/C23H26N4O4/c1-5-22(29)25-18-8-6-17(7-9-18)20(28)13-31-23(30)11-10-19-15(3)24-21-12-14(2)26-27(21)16(19)4/h6-9,12H,5,10-11,13H2,1-4H3,(H,25,29). The molecule has 3 aromatic rings. The van der Waals surface area contributed by atoms with E-state index in [0.717, 1.165) is 28.3 Å². The lowest BCUT2D eigenvalue weighted by Gasteiger charge is -2.11. The third-order valence-electron chi connectivity index (χ3n) is 5.04. The number of nitrogens with zero attached hydrogens (tertiary/aromatic N) is 3. The van der Waals surface area contributed by atoms with E-state index in [0.29, 0.717) is 24.1 Å². The first-order chi connectivity index (χ1) is 14.8. The smallest absolute Gasteiger partial charge is 0.306 e. The van der Waals surface area contributed by atoms with E-state index in [1.165, 1.54) is 0 Å². The molecule has 2 heterocycles. The average Bonchev–Trinajstić information content (AvgIpc) is 3.12. The predicted octanol–water partition coefficient (Wildman–Crippen LogP) is 3.36. The number of esters is 1. The van der Waals surface area contributed by atoms with Gasteiger partial charge in [-0.2, -0.15) is 5.10 Å². The number of amides is 1. The molecule has 0 saturated carbocycles. The molecule has 31 heavy (non-hydrogen) atoms. The quantitative estimate of drug-likeness (QED) is 0.441. The number of aromatic nitrogens is 3. The van der Waals surface area contributed by atoms with E-state index >= 15 is 0 Å². The van der Waals surface area contributed by atoms with Crippen LogP contribution in [0.15, 0.2) is 30.3 Å². The average molecular weight is 422 g/mol. The van der Waals surface area contributed by atoms with E-state index in [-0.39, 0.29) is 24.7 Å². The van der Waals surface area contributed by atoms with E-state index < -0.39 is 5.97 Å². The molecule has 0 aliphatic carbocycles. The van der Waals surface area contributed by atoms with Gasteiger partial charge in [0.2, 0.25) is 5.91 Å². The Balaban J connectivity index is 1.54. The number of carbonyl (C=O) groups is 3. The van der Waals surface area contributed by atoms with Crippen LogP contribution in [0.5, 0.6) is 0 Å². The van der Waals surface area contributed by atoms with Crippen molar-refractivity contribution in [2.75, 3.05) is 11.9 Å². The third-order valence-corrected chi connectivity index (χ3v) is 5.04. The molecule has 1 N–H and O–H groups in total. The number of benzene rings is 1. The predicted molar refractivity (Wildman–Crippen MR) is 116 cm³/mol. The van der Waals surface area contributed by atoms with E-state index in [1.54, 1.807) is 35.7 Å². The van der Waals surface area contributed by atoms with E-state index in [4.69, 9.17) is 4.74 Å². The zero-order valence-corrected chi connectivity index (χ0v) is 18.2. The highest BCUT2D eigenvalue weighted by atomic mass is 16.5. The second-order valence-corrected chi connectivity index (χ2v) is 7.38. The molecule has 0 unspecified atom stereocenters. The van der Waals surface area contributed by atoms with Gasteiger partial charge in [0.1, 0.15) is 0 Å². The Morgan fingerprint density at radius 1 is 1.10 bits per heavy atom. The Labute approximate surface area is 180 Å². The maximum atomic E-state index is 12.3. The van der Waals surface area contributed by atoms with Crippen LogP contribution in [0.3, 0.4) is 0 Å². The topological polar surface area (TPSA) is 103 Å². The number of Topliss-reactive ketones (excluding diaryl/α,β-unsaturated/α-hetero) is 1. The van der Waals surface area contributed by atoms with Crippen LogP contribution < -0.4 is 5.32 Å². The summed E-state index contributed by atoms with van der Waals surface area (Å²) < 4.78 is 6.94. The molecule has 0 aliphatic rings. The summed E-state index contributed by atoms with van der Waals surface area (Å²) in [5.74, 6) is -0.851. The summed E-state index contributed by atoms with van der Waals surface area (Å²) in [4.78, 5) is 40.4. The molecule has 162 valence electrons. The fourth-order valence-electron chi connectivity index (χ4n) is 3.32. The lowest BCUT2D eigenvalue weighted by atomic mass is 10.1. The van der Waals surface area contributed by atoms with Gasteiger partial charge >= 0.3 is 5.97 Å². The molecular weight excluding hydrogens is 396 g/mol. The zero-order chi connectivity index (χ0) is 22.5. The fraction of sp³-hybridized carbons (Fsp3) is 0.348. The monoisotopic (exact) mass is 422 g/mol. The van der Waals surface area contributed by atoms with Gasteiger partial charge in [0.25, 0.3) is 0 Å². The van der Waals surface area contributed by atoms with Crippen LogP contribution in [-0.4, -0.2) is 38.9 Å². The van der Waals surface area contributed by atoms with E-state index in [9.17, 15) is 14.4 Å². The first-order valence-electron chi connectivity index (χ1n) is 10.2. The number of carbonyl (C=O) groups excluding carboxylic acids is 3. The fourth-order valence-corrected chi connectivity index (χ4v) is 3.32. The highest BCUT2D eigenvalue weighted by molar-refractivity contribution is 5.98. The van der Waals surface area contributed by atoms with Crippen LogP contribution >= 0.6 is 0 Å². The number of hydrogen-bond acceptors (Lipinski definition) is 6. The summed E-state index contributed by atoms with van der Waals surface area (Å²) in [7, 11) is 0. The number of fused-ring (bicyclic) bond motifs is 1. The molecule has 2 aromatic heterocycles. The lowest BCUT2D eigenvalue weighted by molar-refractivity contribution is -0.142. The zero-order valence-electron chi connectivity index (χ0n) is 18.2. The molecule has 0 bridgehead atoms. The highest BCUT2D eigenvalue weighted by Crippen LogP contribution is 2.17. The van der Waals surface area contributed by atoms with Crippen molar-refractivity contribution in [3.8, 4) is 0 Å². The maximum absolute atomic E-state index is 12.3. The Bertz CT molecular complexity index is 1130. The first-order valence-corrected chi connectivity index (χ1v) is 10.2. The van der Waals surface area contributed by atoms with Crippen LogP contribution in [0.2, 0.25) is 0 Å². The molecule has 0 aliphatic heterocycles. The van der Waals surface area contributed by atoms with Gasteiger partial charge in [0.05, 0.1) is 5.69 Å². The van der Waals surface area contributed by atoms with Crippen LogP contribution in [-0.2, 0) is 20.7 Å². The van der Waals surface area contributed by atoms with Crippen molar-refractivity contribution in [1.82, 2.24) is 14.6 Å². The van der Waals surface area contributed by atoms with Crippen molar-refractivity contribution in [2.45, 2.75) is 47.0 Å². The molecular formula is C23H26N4O4. The number of anilines is 1. The van der Waals surface area contributed by atoms with Crippen LogP contribution in [0.25, 0.3) is 5.65 Å². The molecule has 0 radical (unpaired) electrons. The summed E-state index contributed by atoms with van der Waals surface area (Å²) in [5.41, 5.74) is 5.43. The number of nitrogens with one attached hydrogen (secondary N) is 1. The summed E-state index contributed by atoms with van der Waals surface area (Å²) in [5, 5.41) is 7.15. The molecule has 1 aromatic carbocycles. The Morgan fingerprint density at radius 3 is 2.48 bits per heavy atom. The Morgan fingerprint density at radius 2 is 1.81 bits per heavy atom. The van der Waals surface area contributed by atoms with Crippen LogP contribution in [0, 0.1) is 20.8 Å². The van der Waals surface area contributed by atoms with E-state index in [2.05, 4.69) is 15.4 Å². The number of hydrogen-bond donors (Lipinski definition) is 1. The van der Waals surface area contributed by atoms with Crippen LogP contribution in [0.1, 0.15) is 52.8 Å².